The van der Waals surface area contributed by atoms with Gasteiger partial charge in [0.05, 0.1) is 12.3 Å². The summed E-state index contributed by atoms with van der Waals surface area (Å²) in [4.78, 5) is 0. The summed E-state index contributed by atoms with van der Waals surface area (Å²) >= 11 is 0. The van der Waals surface area contributed by atoms with Crippen molar-refractivity contribution in [1.82, 2.24) is 5.43 Å². The van der Waals surface area contributed by atoms with E-state index in [2.05, 4.69) is 37.5 Å². The monoisotopic (exact) mass is 230 g/mol. The molecule has 1 aromatic carbocycles. The predicted octanol–water partition coefficient (Wildman–Crippen LogP) is 2.76. The van der Waals surface area contributed by atoms with Crippen molar-refractivity contribution in [1.29, 1.82) is 0 Å². The number of hydrogen-bond acceptors (Lipinski definition) is 3. The van der Waals surface area contributed by atoms with Crippen LogP contribution in [0.3, 0.4) is 0 Å². The Bertz CT molecular complexity index is 496. The van der Waals surface area contributed by atoms with Gasteiger partial charge in [0.1, 0.15) is 5.76 Å². The molecule has 2 rings (SSSR count). The highest BCUT2D eigenvalue weighted by Crippen LogP contribution is 2.26. The van der Waals surface area contributed by atoms with E-state index in [1.165, 1.54) is 11.1 Å². The topological polar surface area (TPSA) is 51.2 Å². The van der Waals surface area contributed by atoms with Crippen LogP contribution in [0.25, 0.3) is 0 Å². The zero-order valence-electron chi connectivity index (χ0n) is 10.4. The first kappa shape index (κ1) is 11.9. The maximum Gasteiger partial charge on any atom is 0.105 e. The Morgan fingerprint density at radius 3 is 2.24 bits per heavy atom. The molecule has 17 heavy (non-hydrogen) atoms. The highest BCUT2D eigenvalue weighted by Gasteiger charge is 2.16. The Hall–Kier alpha value is -1.58. The van der Waals surface area contributed by atoms with Gasteiger partial charge >= 0.3 is 0 Å². The lowest BCUT2D eigenvalue weighted by atomic mass is 9.96. The summed E-state index contributed by atoms with van der Waals surface area (Å²) in [6.07, 6.45) is 1.69. The second kappa shape index (κ2) is 4.73. The zero-order valence-corrected chi connectivity index (χ0v) is 10.4. The van der Waals surface area contributed by atoms with Crippen LogP contribution in [0.2, 0.25) is 0 Å². The zero-order chi connectivity index (χ0) is 12.4. The van der Waals surface area contributed by atoms with Crippen molar-refractivity contribution in [2.75, 3.05) is 0 Å². The molecule has 1 unspecified atom stereocenters. The van der Waals surface area contributed by atoms with E-state index in [1.807, 2.05) is 13.0 Å². The standard InChI is InChI=1S/C14H18N2O/c1-9-6-10(2)8-12(7-9)14(16-15)13-4-5-17-11(13)3/h4-8,14,16H,15H2,1-3H3. The van der Waals surface area contributed by atoms with Crippen LogP contribution < -0.4 is 11.3 Å². The Morgan fingerprint density at radius 2 is 1.76 bits per heavy atom. The summed E-state index contributed by atoms with van der Waals surface area (Å²) in [5, 5.41) is 0. The Balaban J connectivity index is 2.45. The van der Waals surface area contributed by atoms with Gasteiger partial charge in [-0.15, -0.1) is 0 Å². The van der Waals surface area contributed by atoms with Gasteiger partial charge < -0.3 is 4.42 Å². The largest absolute Gasteiger partial charge is 0.469 e. The molecule has 1 aromatic heterocycles. The fourth-order valence-corrected chi connectivity index (χ4v) is 2.24. The SMILES string of the molecule is Cc1cc(C)cc(C(NN)c2ccoc2C)c1. The summed E-state index contributed by atoms with van der Waals surface area (Å²) in [5.74, 6) is 6.57. The van der Waals surface area contributed by atoms with Gasteiger partial charge in [0.2, 0.25) is 0 Å². The quantitative estimate of drug-likeness (QED) is 0.629. The Kier molecular flexibility index (Phi) is 3.31. The molecule has 90 valence electrons. The van der Waals surface area contributed by atoms with Crippen LogP contribution in [0.1, 0.15) is 34.1 Å². The van der Waals surface area contributed by atoms with Crippen molar-refractivity contribution in [2.45, 2.75) is 26.8 Å². The highest BCUT2D eigenvalue weighted by molar-refractivity contribution is 5.37. The van der Waals surface area contributed by atoms with Crippen LogP contribution in [0.4, 0.5) is 0 Å². The number of hydrazine groups is 1. The van der Waals surface area contributed by atoms with Gasteiger partial charge in [-0.05, 0) is 32.4 Å². The number of nitrogens with two attached hydrogens (primary N) is 1. The molecular formula is C14H18N2O. The molecule has 0 saturated carbocycles. The van der Waals surface area contributed by atoms with E-state index in [9.17, 15) is 0 Å². The molecule has 0 amide bonds. The molecule has 0 aliphatic rings. The van der Waals surface area contributed by atoms with E-state index in [1.54, 1.807) is 6.26 Å². The van der Waals surface area contributed by atoms with Crippen LogP contribution in [-0.2, 0) is 0 Å². The van der Waals surface area contributed by atoms with Crippen molar-refractivity contribution in [3.8, 4) is 0 Å². The molecular weight excluding hydrogens is 212 g/mol. The summed E-state index contributed by atoms with van der Waals surface area (Å²) in [6.45, 7) is 6.13. The van der Waals surface area contributed by atoms with Crippen molar-refractivity contribution >= 4 is 0 Å². The van der Waals surface area contributed by atoms with Gasteiger partial charge in [0.25, 0.3) is 0 Å². The van der Waals surface area contributed by atoms with Crippen molar-refractivity contribution in [3.63, 3.8) is 0 Å². The summed E-state index contributed by atoms with van der Waals surface area (Å²) in [6, 6.07) is 8.37. The van der Waals surface area contributed by atoms with Crippen LogP contribution in [0, 0.1) is 20.8 Å². The third-order valence-electron chi connectivity index (χ3n) is 2.95. The van der Waals surface area contributed by atoms with Gasteiger partial charge in [0.15, 0.2) is 0 Å². The smallest absolute Gasteiger partial charge is 0.105 e. The van der Waals surface area contributed by atoms with E-state index in [0.717, 1.165) is 16.9 Å². The average molecular weight is 230 g/mol. The number of benzene rings is 1. The number of hydrogen-bond donors (Lipinski definition) is 2. The van der Waals surface area contributed by atoms with E-state index in [-0.39, 0.29) is 6.04 Å². The molecule has 0 bridgehead atoms. The molecule has 3 N–H and O–H groups in total. The van der Waals surface area contributed by atoms with E-state index in [0.29, 0.717) is 0 Å². The lowest BCUT2D eigenvalue weighted by Crippen LogP contribution is -2.29. The van der Waals surface area contributed by atoms with Crippen LogP contribution in [0.15, 0.2) is 34.9 Å². The number of furan rings is 1. The second-order valence-corrected chi connectivity index (χ2v) is 4.45. The van der Waals surface area contributed by atoms with Gasteiger partial charge in [0, 0.05) is 5.56 Å². The molecule has 3 heteroatoms. The van der Waals surface area contributed by atoms with Crippen molar-refractivity contribution < 1.29 is 4.42 Å². The molecule has 1 atom stereocenters. The molecule has 0 fully saturated rings. The molecule has 0 aliphatic heterocycles. The average Bonchev–Trinajstić information content (AvgIpc) is 2.65. The van der Waals surface area contributed by atoms with E-state index < -0.39 is 0 Å². The first-order valence-electron chi connectivity index (χ1n) is 5.70. The fourth-order valence-electron chi connectivity index (χ4n) is 2.24. The van der Waals surface area contributed by atoms with Gasteiger partial charge in [-0.1, -0.05) is 29.3 Å². The van der Waals surface area contributed by atoms with Crippen LogP contribution in [0.5, 0.6) is 0 Å². The maximum atomic E-state index is 5.67. The van der Waals surface area contributed by atoms with Gasteiger partial charge in [-0.2, -0.15) is 0 Å². The molecule has 0 radical (unpaired) electrons. The minimum atomic E-state index is -0.0210. The van der Waals surface area contributed by atoms with Gasteiger partial charge in [-0.3, -0.25) is 5.84 Å². The second-order valence-electron chi connectivity index (χ2n) is 4.45. The lowest BCUT2D eigenvalue weighted by molar-refractivity contribution is 0.520. The van der Waals surface area contributed by atoms with E-state index in [4.69, 9.17) is 10.3 Å². The first-order chi connectivity index (χ1) is 8.11. The minimum absolute atomic E-state index is 0.0210. The normalized spacial score (nSPS) is 12.7. The summed E-state index contributed by atoms with van der Waals surface area (Å²) < 4.78 is 5.33. The number of nitrogens with one attached hydrogen (secondary N) is 1. The van der Waals surface area contributed by atoms with Crippen molar-refractivity contribution in [3.05, 3.63) is 58.5 Å². The lowest BCUT2D eigenvalue weighted by Gasteiger charge is -2.17. The molecule has 0 aliphatic carbocycles. The minimum Gasteiger partial charge on any atom is -0.469 e. The van der Waals surface area contributed by atoms with Crippen LogP contribution in [-0.4, -0.2) is 0 Å². The molecule has 0 spiro atoms. The Labute approximate surface area is 102 Å². The first-order valence-corrected chi connectivity index (χ1v) is 5.70. The summed E-state index contributed by atoms with van der Waals surface area (Å²) in [5.41, 5.74) is 7.57. The number of aryl methyl sites for hydroxylation is 3. The highest BCUT2D eigenvalue weighted by atomic mass is 16.3. The third kappa shape index (κ3) is 2.40. The molecule has 2 aromatic rings. The molecule has 1 heterocycles. The summed E-state index contributed by atoms with van der Waals surface area (Å²) in [7, 11) is 0. The van der Waals surface area contributed by atoms with E-state index >= 15 is 0 Å². The van der Waals surface area contributed by atoms with Crippen molar-refractivity contribution in [2.24, 2.45) is 5.84 Å². The number of rotatable bonds is 3. The Morgan fingerprint density at radius 1 is 1.12 bits per heavy atom. The third-order valence-corrected chi connectivity index (χ3v) is 2.95. The maximum absolute atomic E-state index is 5.67. The van der Waals surface area contributed by atoms with Gasteiger partial charge in [-0.25, -0.2) is 5.43 Å². The fraction of sp³-hybridized carbons (Fsp3) is 0.286. The predicted molar refractivity (Wildman–Crippen MR) is 68.5 cm³/mol. The molecule has 0 saturated heterocycles. The van der Waals surface area contributed by atoms with Crippen LogP contribution >= 0.6 is 0 Å². The molecule has 3 nitrogen and oxygen atoms in total.